The van der Waals surface area contributed by atoms with Gasteiger partial charge >= 0.3 is 0 Å². The van der Waals surface area contributed by atoms with Gasteiger partial charge in [0.05, 0.1) is 18.3 Å². The lowest BCUT2D eigenvalue weighted by Gasteiger charge is -2.32. The maximum absolute atomic E-state index is 12.4. The summed E-state index contributed by atoms with van der Waals surface area (Å²) < 4.78 is 5.97. The van der Waals surface area contributed by atoms with Crippen molar-refractivity contribution < 1.29 is 9.53 Å². The first-order valence-electron chi connectivity index (χ1n) is 10.2. The van der Waals surface area contributed by atoms with Crippen molar-refractivity contribution >= 4 is 11.7 Å². The van der Waals surface area contributed by atoms with Crippen LogP contribution in [0, 0.1) is 23.2 Å². The third-order valence-electron chi connectivity index (χ3n) is 5.83. The van der Waals surface area contributed by atoms with Crippen LogP contribution in [0.1, 0.15) is 51.0 Å². The molecule has 1 amide bonds. The monoisotopic (exact) mass is 370 g/mol. The largest absolute Gasteiger partial charge is 0.376 e. The fourth-order valence-electron chi connectivity index (χ4n) is 4.07. The number of amides is 1. The van der Waals surface area contributed by atoms with Crippen molar-refractivity contribution in [2.24, 2.45) is 11.8 Å². The molecule has 0 unspecified atom stereocenters. The predicted octanol–water partition coefficient (Wildman–Crippen LogP) is 2.88. The third-order valence-corrected chi connectivity index (χ3v) is 5.83. The Hall–Kier alpha value is -2.13. The molecular weight excluding hydrogens is 340 g/mol. The summed E-state index contributed by atoms with van der Waals surface area (Å²) in [5.41, 5.74) is 0.567. The molecule has 1 saturated carbocycles. The third kappa shape index (κ3) is 5.43. The maximum atomic E-state index is 12.4. The van der Waals surface area contributed by atoms with Crippen molar-refractivity contribution in [3.05, 3.63) is 23.9 Å². The smallest absolute Gasteiger partial charge is 0.223 e. The molecule has 2 heterocycles. The first-order chi connectivity index (χ1) is 13.2. The van der Waals surface area contributed by atoms with E-state index < -0.39 is 0 Å². The minimum absolute atomic E-state index is 0.0632. The van der Waals surface area contributed by atoms with Crippen LogP contribution in [0.5, 0.6) is 0 Å². The summed E-state index contributed by atoms with van der Waals surface area (Å²) >= 11 is 0. The van der Waals surface area contributed by atoms with Crippen LogP contribution in [0.3, 0.4) is 0 Å². The van der Waals surface area contributed by atoms with Crippen molar-refractivity contribution in [1.82, 2.24) is 10.3 Å². The summed E-state index contributed by atoms with van der Waals surface area (Å²) in [4.78, 5) is 18.9. The number of carbonyl (C=O) groups excluding carboxylic acids is 1. The molecule has 1 aromatic rings. The highest BCUT2D eigenvalue weighted by atomic mass is 16.5. The zero-order chi connectivity index (χ0) is 19.1. The maximum Gasteiger partial charge on any atom is 0.223 e. The van der Waals surface area contributed by atoms with E-state index >= 15 is 0 Å². The van der Waals surface area contributed by atoms with Gasteiger partial charge in [0.1, 0.15) is 11.9 Å². The zero-order valence-corrected chi connectivity index (χ0v) is 16.2. The van der Waals surface area contributed by atoms with Crippen LogP contribution in [0.2, 0.25) is 0 Å². The van der Waals surface area contributed by atoms with Gasteiger partial charge in [-0.2, -0.15) is 5.26 Å². The molecular formula is C21H30N4O2. The first kappa shape index (κ1) is 19.6. The lowest BCUT2D eigenvalue weighted by atomic mass is 9.88. The molecule has 146 valence electrons. The lowest BCUT2D eigenvalue weighted by Crippen LogP contribution is -2.42. The van der Waals surface area contributed by atoms with Gasteiger partial charge < -0.3 is 15.0 Å². The van der Waals surface area contributed by atoms with Gasteiger partial charge in [0.15, 0.2) is 0 Å². The van der Waals surface area contributed by atoms with Gasteiger partial charge in [-0.05, 0) is 43.7 Å². The van der Waals surface area contributed by atoms with Crippen LogP contribution in [-0.4, -0.2) is 43.2 Å². The first-order valence-corrected chi connectivity index (χ1v) is 10.2. The molecule has 0 bridgehead atoms. The zero-order valence-electron chi connectivity index (χ0n) is 16.2. The van der Waals surface area contributed by atoms with E-state index in [9.17, 15) is 4.79 Å². The molecule has 1 saturated heterocycles. The van der Waals surface area contributed by atoms with Crippen molar-refractivity contribution in [2.45, 2.75) is 51.6 Å². The number of nitriles is 1. The second kappa shape index (κ2) is 9.70. The van der Waals surface area contributed by atoms with E-state index in [0.717, 1.165) is 38.2 Å². The average Bonchev–Trinajstić information content (AvgIpc) is 2.72. The van der Waals surface area contributed by atoms with E-state index in [4.69, 9.17) is 10.00 Å². The molecule has 1 N–H and O–H groups in total. The minimum Gasteiger partial charge on any atom is -0.376 e. The van der Waals surface area contributed by atoms with Gasteiger partial charge in [-0.15, -0.1) is 0 Å². The van der Waals surface area contributed by atoms with Gasteiger partial charge in [0.2, 0.25) is 5.91 Å². The Bertz CT molecular complexity index is 647. The van der Waals surface area contributed by atoms with Crippen molar-refractivity contribution in [3.8, 4) is 6.07 Å². The fraction of sp³-hybridized carbons (Fsp3) is 0.667. The molecule has 2 atom stereocenters. The summed E-state index contributed by atoms with van der Waals surface area (Å²) in [6.45, 7) is 5.09. The quantitative estimate of drug-likeness (QED) is 0.779. The van der Waals surface area contributed by atoms with Gasteiger partial charge in [-0.3, -0.25) is 4.79 Å². The fourth-order valence-corrected chi connectivity index (χ4v) is 4.07. The van der Waals surface area contributed by atoms with Gasteiger partial charge in [-0.1, -0.05) is 19.8 Å². The van der Waals surface area contributed by atoms with E-state index in [1.807, 2.05) is 6.07 Å². The summed E-state index contributed by atoms with van der Waals surface area (Å²) in [6, 6.07) is 5.75. The number of rotatable bonds is 6. The van der Waals surface area contributed by atoms with Gasteiger partial charge in [0, 0.05) is 31.7 Å². The second-order valence-corrected chi connectivity index (χ2v) is 7.74. The molecule has 0 spiro atoms. The molecule has 1 aromatic heterocycles. The number of aromatic nitrogens is 1. The number of piperidine rings is 1. The molecule has 2 fully saturated rings. The van der Waals surface area contributed by atoms with Gasteiger partial charge in [-0.25, -0.2) is 4.98 Å². The molecule has 0 aromatic carbocycles. The van der Waals surface area contributed by atoms with Gasteiger partial charge in [0.25, 0.3) is 0 Å². The van der Waals surface area contributed by atoms with Crippen molar-refractivity contribution in [2.75, 3.05) is 31.1 Å². The van der Waals surface area contributed by atoms with Crippen LogP contribution < -0.4 is 10.2 Å². The highest BCUT2D eigenvalue weighted by Gasteiger charge is 2.26. The molecule has 1 aliphatic carbocycles. The SMILES string of the molecule is C[C@H]1CCCC[C@@H]1OCCNC(=O)C1CCN(c2ccc(C#N)cn2)CC1. The normalized spacial score (nSPS) is 23.6. The number of anilines is 1. The standard InChI is InChI=1S/C21H30N4O2/c1-16-4-2-3-5-19(16)27-13-10-23-21(26)18-8-11-25(12-9-18)20-7-6-17(14-22)15-24-20/h6-7,15-16,18-19H,2-5,8-13H2,1H3,(H,23,26)/t16-,19-/m0/s1. The Morgan fingerprint density at radius 1 is 1.30 bits per heavy atom. The number of carbonyl (C=O) groups is 1. The van der Waals surface area contributed by atoms with E-state index in [0.29, 0.717) is 30.7 Å². The topological polar surface area (TPSA) is 78.2 Å². The molecule has 0 radical (unpaired) electrons. The summed E-state index contributed by atoms with van der Waals surface area (Å²) in [6.07, 6.45) is 8.59. The number of nitrogens with zero attached hydrogens (tertiary/aromatic N) is 3. The second-order valence-electron chi connectivity index (χ2n) is 7.74. The van der Waals surface area contributed by atoms with Crippen LogP contribution in [0.4, 0.5) is 5.82 Å². The number of nitrogens with one attached hydrogen (secondary N) is 1. The Labute approximate surface area is 161 Å². The Balaban J connectivity index is 1.35. The van der Waals surface area contributed by atoms with Crippen molar-refractivity contribution in [1.29, 1.82) is 5.26 Å². The summed E-state index contributed by atoms with van der Waals surface area (Å²) in [5, 5.41) is 11.9. The predicted molar refractivity (Wildman–Crippen MR) is 104 cm³/mol. The van der Waals surface area contributed by atoms with Crippen LogP contribution in [-0.2, 0) is 9.53 Å². The number of hydrogen-bond acceptors (Lipinski definition) is 5. The number of ether oxygens (including phenoxy) is 1. The number of hydrogen-bond donors (Lipinski definition) is 1. The van der Waals surface area contributed by atoms with Crippen molar-refractivity contribution in [3.63, 3.8) is 0 Å². The molecule has 27 heavy (non-hydrogen) atoms. The average molecular weight is 370 g/mol. The minimum atomic E-state index is 0.0632. The van der Waals surface area contributed by atoms with Crippen LogP contribution in [0.15, 0.2) is 18.3 Å². The van der Waals surface area contributed by atoms with E-state index in [1.165, 1.54) is 19.3 Å². The Morgan fingerprint density at radius 3 is 2.74 bits per heavy atom. The molecule has 1 aliphatic heterocycles. The Kier molecular flexibility index (Phi) is 7.05. The molecule has 6 heteroatoms. The van der Waals surface area contributed by atoms with E-state index in [2.05, 4.69) is 28.2 Å². The van der Waals surface area contributed by atoms with E-state index in [-0.39, 0.29) is 11.8 Å². The molecule has 2 aliphatic rings. The number of pyridine rings is 1. The van der Waals surface area contributed by atoms with Crippen LogP contribution >= 0.6 is 0 Å². The summed E-state index contributed by atoms with van der Waals surface area (Å²) in [5.74, 6) is 1.72. The van der Waals surface area contributed by atoms with Crippen LogP contribution in [0.25, 0.3) is 0 Å². The Morgan fingerprint density at radius 2 is 2.07 bits per heavy atom. The highest BCUT2D eigenvalue weighted by Crippen LogP contribution is 2.26. The van der Waals surface area contributed by atoms with E-state index in [1.54, 1.807) is 12.3 Å². The summed E-state index contributed by atoms with van der Waals surface area (Å²) in [7, 11) is 0. The molecule has 6 nitrogen and oxygen atoms in total. The highest BCUT2D eigenvalue weighted by molar-refractivity contribution is 5.78. The molecule has 3 rings (SSSR count). The lowest BCUT2D eigenvalue weighted by molar-refractivity contribution is -0.126.